The van der Waals surface area contributed by atoms with E-state index in [4.69, 9.17) is 13.9 Å². The molecule has 21 heavy (non-hydrogen) atoms. The topological polar surface area (TPSA) is 65.7 Å². The maximum atomic E-state index is 13.0. The largest absolute Gasteiger partial charge is 0.461 e. The number of Topliss-reactive ketones (excluding diaryl/α,β-unsaturated/α-hetero) is 2. The van der Waals surface area contributed by atoms with E-state index in [-0.39, 0.29) is 11.6 Å². The van der Waals surface area contributed by atoms with E-state index in [0.717, 1.165) is 11.1 Å². The van der Waals surface area contributed by atoms with Gasteiger partial charge in [-0.3, -0.25) is 4.79 Å². The highest BCUT2D eigenvalue weighted by molar-refractivity contribution is 6.01. The molecule has 2 heterocycles. The van der Waals surface area contributed by atoms with E-state index in [1.165, 1.54) is 6.92 Å². The van der Waals surface area contributed by atoms with Gasteiger partial charge in [0.15, 0.2) is 11.5 Å². The van der Waals surface area contributed by atoms with Gasteiger partial charge in [-0.1, -0.05) is 0 Å². The van der Waals surface area contributed by atoms with Gasteiger partial charge in [-0.2, -0.15) is 0 Å². The van der Waals surface area contributed by atoms with E-state index in [1.807, 2.05) is 13.8 Å². The van der Waals surface area contributed by atoms with Crippen molar-refractivity contribution < 1.29 is 23.5 Å². The summed E-state index contributed by atoms with van der Waals surface area (Å²) in [6.45, 7) is 6.20. The molecule has 1 aromatic rings. The molecule has 1 unspecified atom stereocenters. The predicted molar refractivity (Wildman–Crippen MR) is 74.1 cm³/mol. The second-order valence-corrected chi connectivity index (χ2v) is 6.22. The molecule has 0 bridgehead atoms. The molecule has 114 valence electrons. The van der Waals surface area contributed by atoms with Crippen LogP contribution >= 0.6 is 0 Å². The zero-order valence-electron chi connectivity index (χ0n) is 12.7. The monoisotopic (exact) mass is 292 g/mol. The first kappa shape index (κ1) is 14.5. The molecule has 5 nitrogen and oxygen atoms in total. The van der Waals surface area contributed by atoms with Crippen molar-refractivity contribution in [1.82, 2.24) is 0 Å². The first-order chi connectivity index (χ1) is 9.90. The number of ketones is 2. The van der Waals surface area contributed by atoms with Gasteiger partial charge in [-0.15, -0.1) is 0 Å². The van der Waals surface area contributed by atoms with Crippen LogP contribution in [0.1, 0.15) is 48.4 Å². The predicted octanol–water partition coefficient (Wildman–Crippen LogP) is 2.45. The van der Waals surface area contributed by atoms with Crippen LogP contribution in [-0.2, 0) is 20.7 Å². The number of hydrogen-bond acceptors (Lipinski definition) is 5. The summed E-state index contributed by atoms with van der Waals surface area (Å²) in [6, 6.07) is 0. The lowest BCUT2D eigenvalue weighted by atomic mass is 9.66. The van der Waals surface area contributed by atoms with Crippen molar-refractivity contribution >= 4 is 11.6 Å². The Balaban J connectivity index is 2.07. The van der Waals surface area contributed by atoms with E-state index in [9.17, 15) is 9.59 Å². The minimum atomic E-state index is -0.971. The number of carbonyl (C=O) groups excluding carboxylic acids is 2. The number of carbonyl (C=O) groups is 2. The molecule has 0 aromatic carbocycles. The Hall–Kier alpha value is -1.46. The Morgan fingerprint density at radius 2 is 2.00 bits per heavy atom. The van der Waals surface area contributed by atoms with Crippen molar-refractivity contribution in [2.24, 2.45) is 5.41 Å². The van der Waals surface area contributed by atoms with E-state index in [0.29, 0.717) is 38.2 Å². The van der Waals surface area contributed by atoms with Crippen LogP contribution in [0.4, 0.5) is 0 Å². The molecule has 1 aromatic heterocycles. The summed E-state index contributed by atoms with van der Waals surface area (Å²) >= 11 is 0. The minimum Gasteiger partial charge on any atom is -0.461 e. The SMILES string of the molecule is CC(=O)CCC1(C)C(=O)c2occ(C)c2CC12OCCO2. The first-order valence-corrected chi connectivity index (χ1v) is 7.29. The fraction of sp³-hybridized carbons (Fsp3) is 0.625. The van der Waals surface area contributed by atoms with Gasteiger partial charge in [0.2, 0.25) is 5.78 Å². The van der Waals surface area contributed by atoms with Crippen molar-refractivity contribution in [3.63, 3.8) is 0 Å². The molecule has 0 saturated carbocycles. The quantitative estimate of drug-likeness (QED) is 0.856. The van der Waals surface area contributed by atoms with Crippen LogP contribution in [-0.4, -0.2) is 30.6 Å². The summed E-state index contributed by atoms with van der Waals surface area (Å²) in [5.41, 5.74) is 0.902. The average Bonchev–Trinajstić information content (AvgIpc) is 3.04. The van der Waals surface area contributed by atoms with Gasteiger partial charge in [-0.05, 0) is 32.8 Å². The van der Waals surface area contributed by atoms with Crippen LogP contribution in [0.5, 0.6) is 0 Å². The number of rotatable bonds is 3. The number of hydrogen-bond donors (Lipinski definition) is 0. The van der Waals surface area contributed by atoms with Gasteiger partial charge >= 0.3 is 0 Å². The molecule has 1 aliphatic carbocycles. The summed E-state index contributed by atoms with van der Waals surface area (Å²) in [5, 5.41) is 0. The van der Waals surface area contributed by atoms with Crippen molar-refractivity contribution in [2.45, 2.75) is 45.8 Å². The third-order valence-electron chi connectivity index (χ3n) is 4.79. The summed E-state index contributed by atoms with van der Waals surface area (Å²) in [5.74, 6) is -0.650. The molecule has 0 N–H and O–H groups in total. The van der Waals surface area contributed by atoms with Crippen LogP contribution in [0.3, 0.4) is 0 Å². The zero-order chi connectivity index (χ0) is 15.3. The van der Waals surface area contributed by atoms with Crippen LogP contribution in [0, 0.1) is 12.3 Å². The molecule has 0 amide bonds. The normalized spacial score (nSPS) is 27.1. The highest BCUT2D eigenvalue weighted by atomic mass is 16.7. The summed E-state index contributed by atoms with van der Waals surface area (Å²) < 4.78 is 17.2. The van der Waals surface area contributed by atoms with Gasteiger partial charge in [-0.25, -0.2) is 0 Å². The molecule has 1 aliphatic heterocycles. The zero-order valence-corrected chi connectivity index (χ0v) is 12.7. The van der Waals surface area contributed by atoms with Crippen molar-refractivity contribution in [3.05, 3.63) is 23.2 Å². The average molecular weight is 292 g/mol. The molecule has 1 spiro atoms. The molecular weight excluding hydrogens is 272 g/mol. The lowest BCUT2D eigenvalue weighted by molar-refractivity contribution is -0.220. The number of ether oxygens (including phenoxy) is 2. The van der Waals surface area contributed by atoms with Gasteiger partial charge < -0.3 is 18.7 Å². The molecule has 5 heteroatoms. The van der Waals surface area contributed by atoms with Crippen LogP contribution < -0.4 is 0 Å². The van der Waals surface area contributed by atoms with E-state index in [1.54, 1.807) is 6.26 Å². The van der Waals surface area contributed by atoms with E-state index >= 15 is 0 Å². The van der Waals surface area contributed by atoms with Crippen molar-refractivity contribution in [3.8, 4) is 0 Å². The second kappa shape index (κ2) is 4.78. The highest BCUT2D eigenvalue weighted by Gasteiger charge is 2.61. The maximum Gasteiger partial charge on any atom is 0.209 e. The maximum absolute atomic E-state index is 13.0. The molecule has 1 atom stereocenters. The standard InChI is InChI=1S/C16H20O5/c1-10-9-19-13-12(10)8-16(20-6-7-21-16)15(3,14(13)18)5-4-11(2)17/h9H,4-8H2,1-3H3. The molecule has 3 rings (SSSR count). The summed E-state index contributed by atoms with van der Waals surface area (Å²) in [4.78, 5) is 24.3. The molecule has 1 saturated heterocycles. The number of aryl methyl sites for hydroxylation is 1. The Bertz CT molecular complexity index is 594. The van der Waals surface area contributed by atoms with E-state index < -0.39 is 11.2 Å². The van der Waals surface area contributed by atoms with Gasteiger partial charge in [0.25, 0.3) is 0 Å². The minimum absolute atomic E-state index is 0.0543. The fourth-order valence-electron chi connectivity index (χ4n) is 3.34. The Labute approximate surface area is 123 Å². The fourth-order valence-corrected chi connectivity index (χ4v) is 3.34. The molecule has 2 aliphatic rings. The van der Waals surface area contributed by atoms with Crippen molar-refractivity contribution in [2.75, 3.05) is 13.2 Å². The Kier molecular flexibility index (Phi) is 3.30. The van der Waals surface area contributed by atoms with E-state index in [2.05, 4.69) is 0 Å². The third-order valence-corrected chi connectivity index (χ3v) is 4.79. The third kappa shape index (κ3) is 1.99. The van der Waals surface area contributed by atoms with Gasteiger partial charge in [0.05, 0.1) is 24.9 Å². The van der Waals surface area contributed by atoms with Crippen molar-refractivity contribution in [1.29, 1.82) is 0 Å². The van der Waals surface area contributed by atoms with Gasteiger partial charge in [0.1, 0.15) is 5.78 Å². The summed E-state index contributed by atoms with van der Waals surface area (Å²) in [6.07, 6.45) is 2.82. The number of furan rings is 1. The molecular formula is C16H20O5. The molecule has 0 radical (unpaired) electrons. The molecule has 1 fully saturated rings. The van der Waals surface area contributed by atoms with Crippen LogP contribution in [0.15, 0.2) is 10.7 Å². The van der Waals surface area contributed by atoms with Crippen LogP contribution in [0.25, 0.3) is 0 Å². The van der Waals surface area contributed by atoms with Crippen LogP contribution in [0.2, 0.25) is 0 Å². The Morgan fingerprint density at radius 1 is 1.33 bits per heavy atom. The highest BCUT2D eigenvalue weighted by Crippen LogP contribution is 2.51. The Morgan fingerprint density at radius 3 is 2.62 bits per heavy atom. The van der Waals surface area contributed by atoms with Gasteiger partial charge in [0, 0.05) is 18.4 Å². The lowest BCUT2D eigenvalue weighted by Gasteiger charge is -2.45. The number of fused-ring (bicyclic) bond motifs is 1. The lowest BCUT2D eigenvalue weighted by Crippen LogP contribution is -2.57. The second-order valence-electron chi connectivity index (χ2n) is 6.22. The smallest absolute Gasteiger partial charge is 0.209 e. The first-order valence-electron chi connectivity index (χ1n) is 7.29. The summed E-state index contributed by atoms with van der Waals surface area (Å²) in [7, 11) is 0.